The van der Waals surface area contributed by atoms with Crippen molar-refractivity contribution in [2.75, 3.05) is 11.6 Å². The Morgan fingerprint density at radius 1 is 1.10 bits per heavy atom. The summed E-state index contributed by atoms with van der Waals surface area (Å²) in [7, 11) is 0. The molecule has 15 heteroatoms. The van der Waals surface area contributed by atoms with E-state index in [9.17, 15) is 36.3 Å². The van der Waals surface area contributed by atoms with Crippen LogP contribution in [0.4, 0.5) is 27.6 Å². The number of alkyl halides is 3. The Kier molecular flexibility index (Phi) is 7.72. The maximum Gasteiger partial charge on any atom is 0.493 e. The maximum atomic E-state index is 12.9. The van der Waals surface area contributed by atoms with Crippen LogP contribution >= 0.6 is 11.3 Å². The molecule has 4 aromatic rings. The first-order chi connectivity index (χ1) is 19.8. The lowest BCUT2D eigenvalue weighted by molar-refractivity contribution is -0.201. The standard InChI is InChI=1S/C27H22F5N5O4S/c1-14-6-17(8-16-3-5-22(38)37(23(14)16)41-25(39)27(30,31)32)15-2-4-21-18(7-15)9-20(42-21)12-35-13-34-36(26(35)40)11-19(10-33)24(28)29/h2,4,6-9,13H,3,5,10-12,33H2,1H3. The summed E-state index contributed by atoms with van der Waals surface area (Å²) in [4.78, 5) is 41.7. The Morgan fingerprint density at radius 2 is 1.86 bits per heavy atom. The van der Waals surface area contributed by atoms with Gasteiger partial charge in [0.2, 0.25) is 0 Å². The molecule has 0 bridgehead atoms. The summed E-state index contributed by atoms with van der Waals surface area (Å²) in [6.45, 7) is 0.984. The Balaban J connectivity index is 1.41. The van der Waals surface area contributed by atoms with Gasteiger partial charge in [-0.05, 0) is 71.3 Å². The van der Waals surface area contributed by atoms with Crippen molar-refractivity contribution in [2.45, 2.75) is 39.0 Å². The highest BCUT2D eigenvalue weighted by molar-refractivity contribution is 7.19. The van der Waals surface area contributed by atoms with Gasteiger partial charge in [0, 0.05) is 28.1 Å². The van der Waals surface area contributed by atoms with Gasteiger partial charge in [0.15, 0.2) is 0 Å². The first-order valence-electron chi connectivity index (χ1n) is 12.5. The monoisotopic (exact) mass is 607 g/mol. The normalized spacial score (nSPS) is 13.4. The van der Waals surface area contributed by atoms with E-state index in [-0.39, 0.29) is 30.6 Å². The Labute approximate surface area is 238 Å². The van der Waals surface area contributed by atoms with Gasteiger partial charge in [-0.3, -0.25) is 9.36 Å². The number of benzene rings is 2. The van der Waals surface area contributed by atoms with Crippen molar-refractivity contribution in [3.8, 4) is 11.1 Å². The van der Waals surface area contributed by atoms with E-state index in [1.165, 1.54) is 22.2 Å². The molecular formula is C27H22F5N5O4S. The first kappa shape index (κ1) is 29.1. The van der Waals surface area contributed by atoms with E-state index >= 15 is 0 Å². The average Bonchev–Trinajstić information content (AvgIpc) is 3.49. The van der Waals surface area contributed by atoms with Crippen LogP contribution in [0.5, 0.6) is 0 Å². The second kappa shape index (κ2) is 11.1. The molecule has 0 fully saturated rings. The van der Waals surface area contributed by atoms with Crippen LogP contribution in [0.1, 0.15) is 22.4 Å². The zero-order valence-electron chi connectivity index (χ0n) is 21.9. The minimum absolute atomic E-state index is 0.112. The number of aryl methyl sites for hydroxylation is 2. The molecular weight excluding hydrogens is 585 g/mol. The third-order valence-corrected chi connectivity index (χ3v) is 7.80. The van der Waals surface area contributed by atoms with E-state index in [1.807, 2.05) is 24.3 Å². The molecule has 0 radical (unpaired) electrons. The molecule has 1 aliphatic heterocycles. The van der Waals surface area contributed by atoms with Crippen molar-refractivity contribution in [3.63, 3.8) is 0 Å². The number of fused-ring (bicyclic) bond motifs is 2. The second-order valence-corrected chi connectivity index (χ2v) is 10.8. The van der Waals surface area contributed by atoms with E-state index in [4.69, 9.17) is 5.73 Å². The fraction of sp³-hybridized carbons (Fsp3) is 0.259. The van der Waals surface area contributed by atoms with E-state index in [1.54, 1.807) is 19.1 Å². The molecule has 0 atom stereocenters. The smallest absolute Gasteiger partial charge is 0.327 e. The summed E-state index contributed by atoms with van der Waals surface area (Å²) < 4.78 is 67.4. The number of amides is 1. The van der Waals surface area contributed by atoms with Gasteiger partial charge in [-0.2, -0.15) is 27.1 Å². The zero-order chi connectivity index (χ0) is 30.3. The lowest BCUT2D eigenvalue weighted by atomic mass is 9.93. The van der Waals surface area contributed by atoms with Crippen LogP contribution < -0.4 is 16.5 Å². The molecule has 0 saturated heterocycles. The largest absolute Gasteiger partial charge is 0.493 e. The fourth-order valence-electron chi connectivity index (χ4n) is 4.69. The molecule has 0 spiro atoms. The lowest BCUT2D eigenvalue weighted by Gasteiger charge is -2.29. The molecule has 0 unspecified atom stereocenters. The van der Waals surface area contributed by atoms with Gasteiger partial charge < -0.3 is 10.6 Å². The summed E-state index contributed by atoms with van der Waals surface area (Å²) in [5.74, 6) is -3.23. The van der Waals surface area contributed by atoms with Crippen molar-refractivity contribution < 1.29 is 36.4 Å². The van der Waals surface area contributed by atoms with Crippen LogP contribution in [0.2, 0.25) is 0 Å². The molecule has 9 nitrogen and oxygen atoms in total. The number of hydroxylamine groups is 1. The number of rotatable bonds is 7. The van der Waals surface area contributed by atoms with E-state index in [0.717, 1.165) is 30.8 Å². The first-order valence-corrected chi connectivity index (χ1v) is 13.3. The number of hydrogen-bond acceptors (Lipinski definition) is 7. The van der Waals surface area contributed by atoms with Crippen LogP contribution in [-0.4, -0.2) is 38.9 Å². The highest BCUT2D eigenvalue weighted by Crippen LogP contribution is 2.38. The van der Waals surface area contributed by atoms with Crippen LogP contribution in [0.3, 0.4) is 0 Å². The third kappa shape index (κ3) is 5.69. The van der Waals surface area contributed by atoms with Gasteiger partial charge in [-0.25, -0.2) is 14.3 Å². The van der Waals surface area contributed by atoms with Crippen LogP contribution in [-0.2, 0) is 33.9 Å². The molecule has 1 amide bonds. The molecule has 2 aromatic heterocycles. The number of carbonyl (C=O) groups is 2. The van der Waals surface area contributed by atoms with Gasteiger partial charge in [-0.15, -0.1) is 16.4 Å². The molecule has 1 aliphatic rings. The van der Waals surface area contributed by atoms with Gasteiger partial charge in [0.05, 0.1) is 18.8 Å². The second-order valence-electron chi connectivity index (χ2n) is 9.60. The Hall–Kier alpha value is -4.37. The molecule has 220 valence electrons. The van der Waals surface area contributed by atoms with Crippen molar-refractivity contribution >= 4 is 39.0 Å². The highest BCUT2D eigenvalue weighted by atomic mass is 32.1. The zero-order valence-corrected chi connectivity index (χ0v) is 22.7. The molecule has 0 saturated carbocycles. The number of aromatic nitrogens is 3. The SMILES string of the molecule is Cc1cc(-c2ccc3sc(Cn4cnn(CC(CN)=C(F)F)c4=O)cc3c2)cc2c1N(OC(=O)C(F)(F)F)C(=O)CC2. The molecule has 2 N–H and O–H groups in total. The van der Waals surface area contributed by atoms with E-state index < -0.39 is 42.9 Å². The minimum Gasteiger partial charge on any atom is -0.327 e. The number of anilines is 1. The lowest BCUT2D eigenvalue weighted by Crippen LogP contribution is -2.41. The minimum atomic E-state index is -5.26. The predicted octanol–water partition coefficient (Wildman–Crippen LogP) is 4.69. The number of nitrogens with zero attached hydrogens (tertiary/aromatic N) is 4. The fourth-order valence-corrected chi connectivity index (χ4v) is 5.74. The number of thiophene rings is 1. The molecule has 0 aliphatic carbocycles. The van der Waals surface area contributed by atoms with Crippen molar-refractivity contribution in [1.82, 2.24) is 14.3 Å². The third-order valence-electron chi connectivity index (χ3n) is 6.70. The van der Waals surface area contributed by atoms with Gasteiger partial charge in [0.1, 0.15) is 6.33 Å². The molecule has 3 heterocycles. The summed E-state index contributed by atoms with van der Waals surface area (Å²) >= 11 is 1.44. The van der Waals surface area contributed by atoms with Crippen LogP contribution in [0.25, 0.3) is 21.2 Å². The Morgan fingerprint density at radius 3 is 2.55 bits per heavy atom. The summed E-state index contributed by atoms with van der Waals surface area (Å²) in [5.41, 5.74) is 7.06. The van der Waals surface area contributed by atoms with Crippen molar-refractivity contribution in [1.29, 1.82) is 0 Å². The molecule has 5 rings (SSSR count). The topological polar surface area (TPSA) is 112 Å². The van der Waals surface area contributed by atoms with Crippen molar-refractivity contribution in [3.05, 3.63) is 80.9 Å². The summed E-state index contributed by atoms with van der Waals surface area (Å²) in [6.07, 6.45) is -5.79. The van der Waals surface area contributed by atoms with Crippen LogP contribution in [0.15, 0.2) is 59.2 Å². The van der Waals surface area contributed by atoms with E-state index in [0.29, 0.717) is 16.2 Å². The molecule has 42 heavy (non-hydrogen) atoms. The quantitative estimate of drug-likeness (QED) is 0.305. The Bertz CT molecular complexity index is 1800. The number of carbonyl (C=O) groups excluding carboxylic acids is 2. The molecule has 2 aromatic carbocycles. The average molecular weight is 608 g/mol. The van der Waals surface area contributed by atoms with Crippen molar-refractivity contribution in [2.24, 2.45) is 5.73 Å². The highest BCUT2D eigenvalue weighted by Gasteiger charge is 2.44. The summed E-state index contributed by atoms with van der Waals surface area (Å²) in [5, 5.41) is 5.20. The maximum absolute atomic E-state index is 12.9. The van der Waals surface area contributed by atoms with E-state index in [2.05, 4.69) is 9.94 Å². The summed E-state index contributed by atoms with van der Waals surface area (Å²) in [6, 6.07) is 11.0. The van der Waals surface area contributed by atoms with Gasteiger partial charge in [-0.1, -0.05) is 6.07 Å². The number of nitrogens with two attached hydrogens (primary N) is 1. The van der Waals surface area contributed by atoms with Gasteiger partial charge in [0.25, 0.3) is 12.0 Å². The predicted molar refractivity (Wildman–Crippen MR) is 144 cm³/mol. The number of halogens is 5. The van der Waals surface area contributed by atoms with Gasteiger partial charge >= 0.3 is 17.8 Å². The number of hydrogen-bond donors (Lipinski definition) is 1. The van der Waals surface area contributed by atoms with Crippen LogP contribution in [0, 0.1) is 6.92 Å².